The van der Waals surface area contributed by atoms with Gasteiger partial charge >= 0.3 is 12.8 Å². The molecular formula is C30H53ClNO4P. The van der Waals surface area contributed by atoms with Gasteiger partial charge in [0, 0.05) is 11.2 Å². The summed E-state index contributed by atoms with van der Waals surface area (Å²) in [4.78, 5) is 12.8. The maximum atomic E-state index is 12.8. The van der Waals surface area contributed by atoms with Gasteiger partial charge in [-0.25, -0.2) is 9.65 Å². The van der Waals surface area contributed by atoms with E-state index in [1.54, 1.807) is 31.2 Å². The van der Waals surface area contributed by atoms with Crippen molar-refractivity contribution in [1.82, 2.24) is 5.09 Å². The average Bonchev–Trinajstić information content (AvgIpc) is 2.86. The highest BCUT2D eigenvalue weighted by Gasteiger charge is 2.29. The SMILES string of the molecule is CCCCCCCCCCC(CCCCCCCCCC)OC(=O)[C@H](C)NP(=O)(Cl)Oc1ccccc1. The van der Waals surface area contributed by atoms with Crippen LogP contribution < -0.4 is 9.61 Å². The molecule has 1 unspecified atom stereocenters. The van der Waals surface area contributed by atoms with Crippen LogP contribution in [-0.2, 0) is 14.1 Å². The van der Waals surface area contributed by atoms with Gasteiger partial charge in [0.2, 0.25) is 0 Å². The van der Waals surface area contributed by atoms with Crippen molar-refractivity contribution >= 4 is 24.1 Å². The van der Waals surface area contributed by atoms with Crippen LogP contribution in [0.25, 0.3) is 0 Å². The van der Waals surface area contributed by atoms with Crippen LogP contribution in [0.15, 0.2) is 30.3 Å². The number of carbonyl (C=O) groups excluding carboxylic acids is 1. The third-order valence-corrected chi connectivity index (χ3v) is 8.35. The molecule has 0 amide bonds. The molecule has 0 aromatic heterocycles. The van der Waals surface area contributed by atoms with Gasteiger partial charge in [0.25, 0.3) is 0 Å². The number of unbranched alkanes of at least 4 members (excludes halogenated alkanes) is 14. The van der Waals surface area contributed by atoms with Gasteiger partial charge in [-0.15, -0.1) is 0 Å². The summed E-state index contributed by atoms with van der Waals surface area (Å²) in [5, 5.41) is 2.64. The predicted molar refractivity (Wildman–Crippen MR) is 157 cm³/mol. The summed E-state index contributed by atoms with van der Waals surface area (Å²) < 4.78 is 24.0. The van der Waals surface area contributed by atoms with Gasteiger partial charge in [-0.1, -0.05) is 122 Å². The summed E-state index contributed by atoms with van der Waals surface area (Å²) >= 11 is 6.09. The molecule has 0 aliphatic carbocycles. The largest absolute Gasteiger partial charge is 0.461 e. The average molecular weight is 558 g/mol. The molecule has 0 radical (unpaired) electrons. The second-order valence-electron chi connectivity index (χ2n) is 10.3. The van der Waals surface area contributed by atoms with Crippen LogP contribution in [-0.4, -0.2) is 18.1 Å². The summed E-state index contributed by atoms with van der Waals surface area (Å²) in [6.07, 6.45) is 21.7. The Kier molecular flexibility index (Phi) is 20.1. The quantitative estimate of drug-likeness (QED) is 0.0777. The Balaban J connectivity index is 2.47. The highest BCUT2D eigenvalue weighted by Crippen LogP contribution is 2.48. The van der Waals surface area contributed by atoms with Crippen molar-refractivity contribution in [3.63, 3.8) is 0 Å². The molecular weight excluding hydrogens is 505 g/mol. The van der Waals surface area contributed by atoms with E-state index in [0.29, 0.717) is 5.75 Å². The van der Waals surface area contributed by atoms with E-state index in [2.05, 4.69) is 18.9 Å². The lowest BCUT2D eigenvalue weighted by atomic mass is 10.0. The van der Waals surface area contributed by atoms with Crippen molar-refractivity contribution in [2.24, 2.45) is 0 Å². The van der Waals surface area contributed by atoms with Crippen LogP contribution >= 0.6 is 18.1 Å². The number of esters is 1. The Hall–Kier alpha value is -1.03. The fraction of sp³-hybridized carbons (Fsp3) is 0.767. The molecule has 0 spiro atoms. The number of rotatable bonds is 24. The van der Waals surface area contributed by atoms with Gasteiger partial charge in [0.15, 0.2) is 0 Å². The molecule has 0 aliphatic heterocycles. The molecule has 0 saturated carbocycles. The zero-order chi connectivity index (χ0) is 27.2. The monoisotopic (exact) mass is 557 g/mol. The highest BCUT2D eigenvalue weighted by atomic mass is 35.7. The van der Waals surface area contributed by atoms with E-state index in [1.165, 1.54) is 89.9 Å². The zero-order valence-electron chi connectivity index (χ0n) is 23.7. The number of hydrogen-bond acceptors (Lipinski definition) is 4. The van der Waals surface area contributed by atoms with Gasteiger partial charge in [0.05, 0.1) is 0 Å². The molecule has 1 N–H and O–H groups in total. The molecule has 2 atom stereocenters. The minimum absolute atomic E-state index is 0.110. The second-order valence-corrected chi connectivity index (χ2v) is 13.1. The first kappa shape index (κ1) is 34.0. The second kappa shape index (κ2) is 21.9. The van der Waals surface area contributed by atoms with Crippen LogP contribution in [0.1, 0.15) is 136 Å². The molecule has 7 heteroatoms. The van der Waals surface area contributed by atoms with Crippen molar-refractivity contribution in [3.8, 4) is 5.75 Å². The van der Waals surface area contributed by atoms with E-state index in [4.69, 9.17) is 20.5 Å². The number of carbonyl (C=O) groups is 1. The number of hydrogen-bond donors (Lipinski definition) is 1. The summed E-state index contributed by atoms with van der Waals surface area (Å²) in [6.45, 7) is 2.37. The normalized spacial score (nSPS) is 13.9. The number of halogens is 1. The third-order valence-electron chi connectivity index (χ3n) is 6.71. The molecule has 1 aromatic rings. The Morgan fingerprint density at radius 2 is 1.22 bits per heavy atom. The Morgan fingerprint density at radius 3 is 1.68 bits per heavy atom. The first-order valence-electron chi connectivity index (χ1n) is 14.9. The molecule has 0 saturated heterocycles. The smallest absolute Gasteiger partial charge is 0.409 e. The summed E-state index contributed by atoms with van der Waals surface area (Å²) in [5.41, 5.74) is 0. The summed E-state index contributed by atoms with van der Waals surface area (Å²) in [7, 11) is 0. The van der Waals surface area contributed by atoms with E-state index >= 15 is 0 Å². The maximum Gasteiger partial charge on any atom is 0.409 e. The number of para-hydroxylation sites is 1. The Labute approximate surface area is 232 Å². The van der Waals surface area contributed by atoms with Gasteiger partial charge in [-0.2, -0.15) is 0 Å². The van der Waals surface area contributed by atoms with Crippen molar-refractivity contribution < 1.29 is 18.6 Å². The fourth-order valence-corrected chi connectivity index (χ4v) is 6.16. The molecule has 5 nitrogen and oxygen atoms in total. The number of nitrogens with one attached hydrogen (secondary N) is 1. The molecule has 0 bridgehead atoms. The first-order valence-corrected chi connectivity index (χ1v) is 17.4. The van der Waals surface area contributed by atoms with E-state index < -0.39 is 18.9 Å². The third kappa shape index (κ3) is 18.8. The van der Waals surface area contributed by atoms with Crippen molar-refractivity contribution in [3.05, 3.63) is 30.3 Å². The van der Waals surface area contributed by atoms with Crippen LogP contribution in [0.2, 0.25) is 0 Å². The Morgan fingerprint density at radius 1 is 0.784 bits per heavy atom. The van der Waals surface area contributed by atoms with E-state index in [1.807, 2.05) is 6.07 Å². The fourth-order valence-electron chi connectivity index (χ4n) is 4.47. The molecule has 1 aromatic carbocycles. The lowest BCUT2D eigenvalue weighted by molar-refractivity contribution is -0.151. The highest BCUT2D eigenvalue weighted by molar-refractivity contribution is 7.84. The predicted octanol–water partition coefficient (Wildman–Crippen LogP) is 10.4. The Bertz CT molecular complexity index is 714. The molecule has 0 aliphatic rings. The topological polar surface area (TPSA) is 64.6 Å². The lowest BCUT2D eigenvalue weighted by Crippen LogP contribution is -2.35. The molecule has 0 fully saturated rings. The molecule has 37 heavy (non-hydrogen) atoms. The standard InChI is InChI=1S/C30H53ClNO4P/c1-4-6-8-10-12-14-16-19-23-28(24-20-17-15-13-11-9-7-5-2)35-30(33)27(3)32-37(31,34)36-29-25-21-18-22-26-29/h18,21-22,25-28H,4-17,19-20,23-24H2,1-3H3,(H,32,34)/t27-,37?/m0/s1. The van der Waals surface area contributed by atoms with Gasteiger partial charge < -0.3 is 9.26 Å². The van der Waals surface area contributed by atoms with Crippen LogP contribution in [0.4, 0.5) is 0 Å². The number of ether oxygens (including phenoxy) is 1. The van der Waals surface area contributed by atoms with Gasteiger partial charge in [-0.3, -0.25) is 4.79 Å². The molecule has 0 heterocycles. The number of benzene rings is 1. The van der Waals surface area contributed by atoms with Crippen LogP contribution in [0.3, 0.4) is 0 Å². The van der Waals surface area contributed by atoms with Gasteiger partial charge in [-0.05, 0) is 44.7 Å². The van der Waals surface area contributed by atoms with Gasteiger partial charge in [0.1, 0.15) is 17.9 Å². The van der Waals surface area contributed by atoms with Crippen molar-refractivity contribution in [2.45, 2.75) is 148 Å². The maximum absolute atomic E-state index is 12.8. The molecule has 214 valence electrons. The van der Waals surface area contributed by atoms with Crippen LogP contribution in [0.5, 0.6) is 5.75 Å². The minimum Gasteiger partial charge on any atom is -0.461 e. The zero-order valence-corrected chi connectivity index (χ0v) is 25.4. The molecule has 1 rings (SSSR count). The first-order chi connectivity index (χ1) is 17.9. The van der Waals surface area contributed by atoms with Crippen LogP contribution in [0, 0.1) is 0 Å². The van der Waals surface area contributed by atoms with E-state index in [9.17, 15) is 9.36 Å². The van der Waals surface area contributed by atoms with E-state index in [-0.39, 0.29) is 6.10 Å². The van der Waals surface area contributed by atoms with Crippen molar-refractivity contribution in [1.29, 1.82) is 0 Å². The summed E-state index contributed by atoms with van der Waals surface area (Å²) in [5.74, 6) is -0.0437. The summed E-state index contributed by atoms with van der Waals surface area (Å²) in [6, 6.07) is 7.88. The van der Waals surface area contributed by atoms with Crippen molar-refractivity contribution in [2.75, 3.05) is 0 Å². The lowest BCUT2D eigenvalue weighted by Gasteiger charge is -2.22. The minimum atomic E-state index is -3.73. The van der Waals surface area contributed by atoms with E-state index in [0.717, 1.165) is 25.7 Å².